The highest BCUT2D eigenvalue weighted by atomic mass is 35.5. The van der Waals surface area contributed by atoms with Gasteiger partial charge in [-0.1, -0.05) is 23.2 Å². The summed E-state index contributed by atoms with van der Waals surface area (Å²) in [5.41, 5.74) is 6.63. The van der Waals surface area contributed by atoms with E-state index in [4.69, 9.17) is 33.7 Å². The molecule has 118 valence electrons. The number of methoxy groups -OCH3 is 1. The van der Waals surface area contributed by atoms with Crippen molar-refractivity contribution in [3.8, 4) is 11.5 Å². The van der Waals surface area contributed by atoms with Gasteiger partial charge in [-0.2, -0.15) is 0 Å². The fourth-order valence-corrected chi connectivity index (χ4v) is 2.39. The Bertz CT molecular complexity index is 705. The first-order valence-electron chi connectivity index (χ1n) is 6.08. The number of phenols is 1. The number of carbonyl (C=O) groups is 1. The second-order valence-electron chi connectivity index (χ2n) is 4.32. The zero-order valence-electron chi connectivity index (χ0n) is 11.6. The third-order valence-electron chi connectivity index (χ3n) is 3.07. The molecule has 0 aliphatic carbocycles. The summed E-state index contributed by atoms with van der Waals surface area (Å²) in [5, 5.41) is 9.91. The highest BCUT2D eigenvalue weighted by Crippen LogP contribution is 2.35. The van der Waals surface area contributed by atoms with E-state index >= 15 is 0 Å². The summed E-state index contributed by atoms with van der Waals surface area (Å²) in [6.07, 6.45) is 0. The number of nitrogens with two attached hydrogens (primary N) is 1. The van der Waals surface area contributed by atoms with Crippen LogP contribution in [0.4, 0.5) is 0 Å². The van der Waals surface area contributed by atoms with Crippen molar-refractivity contribution in [3.05, 3.63) is 57.1 Å². The molecule has 0 bridgehead atoms. The highest BCUT2D eigenvalue weighted by Gasteiger charge is 2.18. The van der Waals surface area contributed by atoms with Crippen LogP contribution in [0.3, 0.4) is 0 Å². The number of halogens is 3. The molecule has 7 heteroatoms. The maximum atomic E-state index is 12.5. The Morgan fingerprint density at radius 1 is 1.23 bits per heavy atom. The van der Waals surface area contributed by atoms with Crippen LogP contribution in [-0.2, 0) is 6.54 Å². The molecule has 22 heavy (non-hydrogen) atoms. The predicted molar refractivity (Wildman–Crippen MR) is 89.7 cm³/mol. The third kappa shape index (κ3) is 3.47. The highest BCUT2D eigenvalue weighted by molar-refractivity contribution is 6.45. The van der Waals surface area contributed by atoms with Gasteiger partial charge in [0, 0.05) is 23.2 Å². The monoisotopic (exact) mass is 361 g/mol. The summed E-state index contributed by atoms with van der Waals surface area (Å²) in [5.74, 6) is 0.138. The van der Waals surface area contributed by atoms with E-state index in [9.17, 15) is 9.90 Å². The van der Waals surface area contributed by atoms with Crippen LogP contribution in [0.5, 0.6) is 11.5 Å². The van der Waals surface area contributed by atoms with Gasteiger partial charge in [0.25, 0.3) is 0 Å². The van der Waals surface area contributed by atoms with Gasteiger partial charge in [0.2, 0.25) is 0 Å². The minimum Gasteiger partial charge on any atom is -0.508 e. The van der Waals surface area contributed by atoms with Crippen molar-refractivity contribution in [3.63, 3.8) is 0 Å². The Balaban J connectivity index is 0.00000242. The first kappa shape index (κ1) is 18.6. The number of ether oxygens (including phenoxy) is 1. The van der Waals surface area contributed by atoms with Crippen molar-refractivity contribution >= 4 is 41.4 Å². The number of aromatic hydroxyl groups is 1. The van der Waals surface area contributed by atoms with Gasteiger partial charge in [-0.3, -0.25) is 4.79 Å². The molecular weight excluding hydrogens is 349 g/mol. The van der Waals surface area contributed by atoms with Crippen molar-refractivity contribution in [1.82, 2.24) is 0 Å². The molecule has 0 fully saturated rings. The van der Waals surface area contributed by atoms with E-state index in [2.05, 4.69) is 0 Å². The molecule has 4 nitrogen and oxygen atoms in total. The molecule has 0 atom stereocenters. The minimum absolute atomic E-state index is 0. The number of rotatable bonds is 4. The van der Waals surface area contributed by atoms with Gasteiger partial charge in [0.1, 0.15) is 16.5 Å². The summed E-state index contributed by atoms with van der Waals surface area (Å²) < 4.78 is 5.04. The van der Waals surface area contributed by atoms with Crippen LogP contribution in [0.1, 0.15) is 21.5 Å². The van der Waals surface area contributed by atoms with Gasteiger partial charge < -0.3 is 15.6 Å². The van der Waals surface area contributed by atoms with E-state index in [-0.39, 0.29) is 46.1 Å². The lowest BCUT2D eigenvalue weighted by atomic mass is 10.0. The maximum Gasteiger partial charge on any atom is 0.194 e. The molecule has 0 amide bonds. The van der Waals surface area contributed by atoms with E-state index in [0.29, 0.717) is 16.9 Å². The summed E-state index contributed by atoms with van der Waals surface area (Å²) in [6, 6.07) is 7.59. The van der Waals surface area contributed by atoms with Crippen molar-refractivity contribution in [2.45, 2.75) is 6.54 Å². The summed E-state index contributed by atoms with van der Waals surface area (Å²) in [6.45, 7) is 0.129. The number of hydrogen-bond donors (Lipinski definition) is 2. The van der Waals surface area contributed by atoms with Crippen LogP contribution in [0.25, 0.3) is 0 Å². The number of benzene rings is 2. The molecule has 0 saturated heterocycles. The van der Waals surface area contributed by atoms with Crippen LogP contribution in [0, 0.1) is 0 Å². The molecule has 0 aromatic heterocycles. The second-order valence-corrected chi connectivity index (χ2v) is 5.08. The van der Waals surface area contributed by atoms with Crippen molar-refractivity contribution < 1.29 is 14.6 Å². The third-order valence-corrected chi connectivity index (χ3v) is 3.94. The van der Waals surface area contributed by atoms with Gasteiger partial charge in [-0.15, -0.1) is 12.4 Å². The van der Waals surface area contributed by atoms with Crippen LogP contribution in [0.15, 0.2) is 30.3 Å². The first-order chi connectivity index (χ1) is 9.99. The number of hydrogen-bond acceptors (Lipinski definition) is 4. The van der Waals surface area contributed by atoms with Crippen molar-refractivity contribution in [1.29, 1.82) is 0 Å². The Kier molecular flexibility index (Phi) is 6.50. The molecular formula is C15H14Cl3NO3. The zero-order valence-corrected chi connectivity index (χ0v) is 13.9. The molecule has 3 N–H and O–H groups in total. The molecule has 2 aromatic carbocycles. The lowest BCUT2D eigenvalue weighted by Crippen LogP contribution is -2.05. The smallest absolute Gasteiger partial charge is 0.194 e. The van der Waals surface area contributed by atoms with E-state index in [1.807, 2.05) is 0 Å². The molecule has 0 saturated carbocycles. The predicted octanol–water partition coefficient (Wildman–Crippen LogP) is 3.82. The van der Waals surface area contributed by atoms with E-state index < -0.39 is 0 Å². The zero-order chi connectivity index (χ0) is 15.6. The van der Waals surface area contributed by atoms with Crippen LogP contribution < -0.4 is 10.5 Å². The van der Waals surface area contributed by atoms with Crippen LogP contribution in [-0.4, -0.2) is 18.0 Å². The number of phenolic OH excluding ortho intramolecular Hbond substituents is 1. The van der Waals surface area contributed by atoms with Gasteiger partial charge in [-0.05, 0) is 30.3 Å². The Labute approximate surface area is 144 Å². The van der Waals surface area contributed by atoms with Crippen LogP contribution >= 0.6 is 35.6 Å². The minimum atomic E-state index is -0.306. The fourth-order valence-electron chi connectivity index (χ4n) is 1.91. The molecule has 0 aliphatic rings. The van der Waals surface area contributed by atoms with Crippen LogP contribution in [0.2, 0.25) is 10.0 Å². The largest absolute Gasteiger partial charge is 0.508 e. The summed E-state index contributed by atoms with van der Waals surface area (Å²) in [7, 11) is 1.46. The standard InChI is InChI=1S/C15H13Cl2NO3.ClH/c1-21-12-5-3-10(13(16)14(12)17)15(20)8-2-4-11(19)9(6-8)7-18;/h2-6,19H,7,18H2,1H3;1H. The van der Waals surface area contributed by atoms with Gasteiger partial charge >= 0.3 is 0 Å². The molecule has 0 aliphatic heterocycles. The van der Waals surface area contributed by atoms with Crippen molar-refractivity contribution in [2.24, 2.45) is 5.73 Å². The average Bonchev–Trinajstić information content (AvgIpc) is 2.50. The summed E-state index contributed by atoms with van der Waals surface area (Å²) in [4.78, 5) is 12.5. The second kappa shape index (κ2) is 7.70. The van der Waals surface area contributed by atoms with Gasteiger partial charge in [-0.25, -0.2) is 0 Å². The maximum absolute atomic E-state index is 12.5. The SMILES string of the molecule is COc1ccc(C(=O)c2ccc(O)c(CN)c2)c(Cl)c1Cl.Cl. The number of ketones is 1. The first-order valence-corrected chi connectivity index (χ1v) is 6.83. The fraction of sp³-hybridized carbons (Fsp3) is 0.133. The molecule has 0 heterocycles. The Hall–Kier alpha value is -1.46. The lowest BCUT2D eigenvalue weighted by Gasteiger charge is -2.10. The molecule has 0 radical (unpaired) electrons. The van der Waals surface area contributed by atoms with Gasteiger partial charge in [0.15, 0.2) is 5.78 Å². The van der Waals surface area contributed by atoms with Gasteiger partial charge in [0.05, 0.1) is 12.1 Å². The Morgan fingerprint density at radius 3 is 2.50 bits per heavy atom. The Morgan fingerprint density at radius 2 is 1.91 bits per heavy atom. The molecule has 2 aromatic rings. The van der Waals surface area contributed by atoms with E-state index in [0.717, 1.165) is 0 Å². The number of carbonyl (C=O) groups excluding carboxylic acids is 1. The molecule has 2 rings (SSSR count). The molecule has 0 unspecified atom stereocenters. The lowest BCUT2D eigenvalue weighted by molar-refractivity contribution is 0.103. The average molecular weight is 363 g/mol. The quantitative estimate of drug-likeness (QED) is 0.811. The van der Waals surface area contributed by atoms with E-state index in [1.54, 1.807) is 12.1 Å². The topological polar surface area (TPSA) is 72.5 Å². The normalized spacial score (nSPS) is 10.0. The summed E-state index contributed by atoms with van der Waals surface area (Å²) >= 11 is 12.2. The molecule has 0 spiro atoms. The van der Waals surface area contributed by atoms with E-state index in [1.165, 1.54) is 25.3 Å². The van der Waals surface area contributed by atoms with Crippen molar-refractivity contribution in [2.75, 3.05) is 7.11 Å².